The minimum atomic E-state index is 0.541. The number of nitrogens with one attached hydrogen (secondary N) is 1. The van der Waals surface area contributed by atoms with E-state index in [9.17, 15) is 0 Å². The van der Waals surface area contributed by atoms with E-state index in [2.05, 4.69) is 18.8 Å². The fourth-order valence-corrected chi connectivity index (χ4v) is 1.09. The first-order valence-corrected chi connectivity index (χ1v) is 5.22. The van der Waals surface area contributed by atoms with Crippen LogP contribution in [0.5, 0.6) is 0 Å². The van der Waals surface area contributed by atoms with E-state index in [4.69, 9.17) is 9.47 Å². The summed E-state index contributed by atoms with van der Waals surface area (Å²) in [4.78, 5) is 0. The Labute approximate surface area is 87.5 Å². The van der Waals surface area contributed by atoms with Crippen LogP contribution in [-0.2, 0) is 9.47 Å². The van der Waals surface area contributed by atoms with Gasteiger partial charge in [-0.05, 0) is 19.8 Å². The van der Waals surface area contributed by atoms with Gasteiger partial charge in [0.1, 0.15) is 0 Å². The van der Waals surface area contributed by atoms with E-state index < -0.39 is 0 Å². The summed E-state index contributed by atoms with van der Waals surface area (Å²) >= 11 is 0. The SMILES string of the molecule is C=CCCC(C)NCCOCCOC. The Balaban J connectivity index is 3.06. The summed E-state index contributed by atoms with van der Waals surface area (Å²) in [6, 6.07) is 0.541. The second kappa shape index (κ2) is 10.7. The van der Waals surface area contributed by atoms with E-state index in [0.29, 0.717) is 19.3 Å². The molecule has 0 amide bonds. The standard InChI is InChI=1S/C11H23NO2/c1-4-5-6-11(2)12-7-8-14-10-9-13-3/h4,11-12H,1,5-10H2,2-3H3. The van der Waals surface area contributed by atoms with Crippen LogP contribution in [0.4, 0.5) is 0 Å². The molecule has 0 fully saturated rings. The van der Waals surface area contributed by atoms with Gasteiger partial charge in [0.15, 0.2) is 0 Å². The Morgan fingerprint density at radius 2 is 2.14 bits per heavy atom. The van der Waals surface area contributed by atoms with E-state index in [-0.39, 0.29) is 0 Å². The highest BCUT2D eigenvalue weighted by molar-refractivity contribution is 4.70. The van der Waals surface area contributed by atoms with Gasteiger partial charge in [0.25, 0.3) is 0 Å². The molecule has 14 heavy (non-hydrogen) atoms. The van der Waals surface area contributed by atoms with E-state index in [1.165, 1.54) is 0 Å². The Kier molecular flexibility index (Phi) is 10.4. The zero-order valence-corrected chi connectivity index (χ0v) is 9.42. The molecule has 0 bridgehead atoms. The lowest BCUT2D eigenvalue weighted by Gasteiger charge is -2.12. The third kappa shape index (κ3) is 9.71. The lowest BCUT2D eigenvalue weighted by Crippen LogP contribution is -2.29. The fourth-order valence-electron chi connectivity index (χ4n) is 1.09. The molecular weight excluding hydrogens is 178 g/mol. The van der Waals surface area contributed by atoms with Gasteiger partial charge in [-0.1, -0.05) is 6.08 Å². The van der Waals surface area contributed by atoms with Crippen LogP contribution in [0.1, 0.15) is 19.8 Å². The van der Waals surface area contributed by atoms with Crippen molar-refractivity contribution in [3.63, 3.8) is 0 Å². The summed E-state index contributed by atoms with van der Waals surface area (Å²) in [5.41, 5.74) is 0. The van der Waals surface area contributed by atoms with E-state index in [0.717, 1.165) is 26.0 Å². The summed E-state index contributed by atoms with van der Waals surface area (Å²) in [5.74, 6) is 0. The van der Waals surface area contributed by atoms with Crippen molar-refractivity contribution in [3.05, 3.63) is 12.7 Å². The first-order valence-electron chi connectivity index (χ1n) is 5.22. The topological polar surface area (TPSA) is 30.5 Å². The molecule has 0 aliphatic carbocycles. The molecule has 1 unspecified atom stereocenters. The zero-order valence-electron chi connectivity index (χ0n) is 9.42. The Bertz CT molecular complexity index is 128. The van der Waals surface area contributed by atoms with Crippen LogP contribution >= 0.6 is 0 Å². The van der Waals surface area contributed by atoms with Gasteiger partial charge in [0.2, 0.25) is 0 Å². The second-order valence-corrected chi connectivity index (χ2v) is 3.33. The summed E-state index contributed by atoms with van der Waals surface area (Å²) < 4.78 is 10.2. The highest BCUT2D eigenvalue weighted by atomic mass is 16.5. The normalized spacial score (nSPS) is 12.7. The van der Waals surface area contributed by atoms with E-state index in [1.54, 1.807) is 7.11 Å². The summed E-state index contributed by atoms with van der Waals surface area (Å²) in [7, 11) is 1.68. The van der Waals surface area contributed by atoms with Crippen molar-refractivity contribution >= 4 is 0 Å². The second-order valence-electron chi connectivity index (χ2n) is 3.33. The van der Waals surface area contributed by atoms with Crippen molar-refractivity contribution in [2.24, 2.45) is 0 Å². The smallest absolute Gasteiger partial charge is 0.0700 e. The Hall–Kier alpha value is -0.380. The molecule has 84 valence electrons. The van der Waals surface area contributed by atoms with Crippen molar-refractivity contribution in [1.82, 2.24) is 5.32 Å². The molecule has 0 aromatic rings. The number of hydrogen-bond donors (Lipinski definition) is 1. The maximum absolute atomic E-state index is 5.32. The zero-order chi connectivity index (χ0) is 10.6. The molecule has 1 atom stereocenters. The predicted octanol–water partition coefficient (Wildman–Crippen LogP) is 1.59. The van der Waals surface area contributed by atoms with Crippen LogP contribution < -0.4 is 5.32 Å². The first kappa shape index (κ1) is 13.6. The maximum atomic E-state index is 5.32. The van der Waals surface area contributed by atoms with Gasteiger partial charge in [-0.15, -0.1) is 6.58 Å². The summed E-state index contributed by atoms with van der Waals surface area (Å²) in [6.45, 7) is 8.88. The van der Waals surface area contributed by atoms with Gasteiger partial charge >= 0.3 is 0 Å². The molecule has 0 aliphatic rings. The molecule has 0 saturated heterocycles. The van der Waals surface area contributed by atoms with Crippen LogP contribution in [0.15, 0.2) is 12.7 Å². The molecule has 3 heteroatoms. The molecule has 0 aromatic heterocycles. The third-order valence-electron chi connectivity index (χ3n) is 1.97. The van der Waals surface area contributed by atoms with Crippen molar-refractivity contribution in [1.29, 1.82) is 0 Å². The summed E-state index contributed by atoms with van der Waals surface area (Å²) in [6.07, 6.45) is 4.16. The summed E-state index contributed by atoms with van der Waals surface area (Å²) in [5, 5.41) is 3.38. The van der Waals surface area contributed by atoms with Gasteiger partial charge in [-0.2, -0.15) is 0 Å². The number of rotatable bonds is 10. The highest BCUT2D eigenvalue weighted by Gasteiger charge is 1.98. The minimum absolute atomic E-state index is 0.541. The van der Waals surface area contributed by atoms with Crippen molar-refractivity contribution < 1.29 is 9.47 Å². The van der Waals surface area contributed by atoms with Gasteiger partial charge in [0, 0.05) is 19.7 Å². The quantitative estimate of drug-likeness (QED) is 0.430. The van der Waals surface area contributed by atoms with Crippen LogP contribution in [0, 0.1) is 0 Å². The molecule has 0 radical (unpaired) electrons. The third-order valence-corrected chi connectivity index (χ3v) is 1.97. The molecule has 0 heterocycles. The molecule has 1 N–H and O–H groups in total. The van der Waals surface area contributed by atoms with Crippen molar-refractivity contribution in [3.8, 4) is 0 Å². The molecule has 0 aliphatic heterocycles. The lowest BCUT2D eigenvalue weighted by atomic mass is 10.2. The van der Waals surface area contributed by atoms with Crippen LogP contribution in [-0.4, -0.2) is 39.5 Å². The molecule has 0 rings (SSSR count). The van der Waals surface area contributed by atoms with E-state index in [1.807, 2.05) is 6.08 Å². The van der Waals surface area contributed by atoms with E-state index >= 15 is 0 Å². The number of hydrogen-bond acceptors (Lipinski definition) is 3. The number of ether oxygens (including phenoxy) is 2. The highest BCUT2D eigenvalue weighted by Crippen LogP contribution is 1.95. The molecule has 3 nitrogen and oxygen atoms in total. The van der Waals surface area contributed by atoms with Crippen LogP contribution in [0.25, 0.3) is 0 Å². The molecular formula is C11H23NO2. The van der Waals surface area contributed by atoms with Gasteiger partial charge < -0.3 is 14.8 Å². The average molecular weight is 201 g/mol. The average Bonchev–Trinajstić information content (AvgIpc) is 2.20. The molecule has 0 spiro atoms. The predicted molar refractivity (Wildman–Crippen MR) is 59.6 cm³/mol. The van der Waals surface area contributed by atoms with Gasteiger partial charge in [0.05, 0.1) is 19.8 Å². The first-order chi connectivity index (χ1) is 6.81. The largest absolute Gasteiger partial charge is 0.382 e. The van der Waals surface area contributed by atoms with Crippen LogP contribution in [0.2, 0.25) is 0 Å². The van der Waals surface area contributed by atoms with Crippen molar-refractivity contribution in [2.45, 2.75) is 25.8 Å². The maximum Gasteiger partial charge on any atom is 0.0700 e. The lowest BCUT2D eigenvalue weighted by molar-refractivity contribution is 0.0711. The van der Waals surface area contributed by atoms with Gasteiger partial charge in [-0.25, -0.2) is 0 Å². The van der Waals surface area contributed by atoms with Gasteiger partial charge in [-0.3, -0.25) is 0 Å². The molecule has 0 aromatic carbocycles. The van der Waals surface area contributed by atoms with Crippen molar-refractivity contribution in [2.75, 3.05) is 33.5 Å². The fraction of sp³-hybridized carbons (Fsp3) is 0.818. The van der Waals surface area contributed by atoms with Crippen LogP contribution in [0.3, 0.4) is 0 Å². The number of allylic oxidation sites excluding steroid dienone is 1. The molecule has 0 saturated carbocycles. The number of methoxy groups -OCH3 is 1. The minimum Gasteiger partial charge on any atom is -0.382 e. The monoisotopic (exact) mass is 201 g/mol. The Morgan fingerprint density at radius 3 is 2.79 bits per heavy atom. The Morgan fingerprint density at radius 1 is 1.36 bits per heavy atom.